The van der Waals surface area contributed by atoms with Crippen molar-refractivity contribution in [2.24, 2.45) is 5.41 Å². The summed E-state index contributed by atoms with van der Waals surface area (Å²) in [6, 6.07) is 73.7. The molecule has 0 saturated carbocycles. The normalized spacial score (nSPS) is 24.2. The van der Waals surface area contributed by atoms with Gasteiger partial charge >= 0.3 is 0 Å². The van der Waals surface area contributed by atoms with E-state index in [1.54, 1.807) is 0 Å². The van der Waals surface area contributed by atoms with Gasteiger partial charge < -0.3 is 19.6 Å². The molecule has 0 aromatic heterocycles. The quantitative estimate of drug-likeness (QED) is 0.0900. The summed E-state index contributed by atoms with van der Waals surface area (Å²) in [4.78, 5) is 10.1. The Hall–Kier alpha value is -12.5. The van der Waals surface area contributed by atoms with Crippen LogP contribution in [0.1, 0.15) is 232 Å². The molecule has 0 amide bonds. The Morgan fingerprint density at radius 3 is 0.591 bits per heavy atom. The summed E-state index contributed by atoms with van der Waals surface area (Å²) < 4.78 is 10.1. The van der Waals surface area contributed by atoms with Gasteiger partial charge in [0.25, 0.3) is 0 Å². The van der Waals surface area contributed by atoms with Gasteiger partial charge in [-0.25, -0.2) is 0 Å². The van der Waals surface area contributed by atoms with E-state index >= 15 is 0 Å². The summed E-state index contributed by atoms with van der Waals surface area (Å²) in [6.07, 6.45) is 53.2. The van der Waals surface area contributed by atoms with Gasteiger partial charge in [-0.05, 0) is 270 Å². The maximum atomic E-state index is 2.72. The Balaban J connectivity index is 1.05. The van der Waals surface area contributed by atoms with E-state index in [-0.39, 0.29) is 43.3 Å². The van der Waals surface area contributed by atoms with E-state index in [4.69, 9.17) is 0 Å². The number of para-hydroxylation sites is 8. The van der Waals surface area contributed by atoms with Gasteiger partial charge in [0.2, 0.25) is 22.7 Å². The van der Waals surface area contributed by atoms with Crippen LogP contribution in [0.15, 0.2) is 381 Å². The van der Waals surface area contributed by atoms with Crippen LogP contribution in [-0.4, -0.2) is 97.5 Å². The highest BCUT2D eigenvalue weighted by Gasteiger charge is 2.57. The molecule has 8 nitrogen and oxygen atoms in total. The van der Waals surface area contributed by atoms with Crippen LogP contribution in [0.3, 0.4) is 0 Å². The van der Waals surface area contributed by atoms with Crippen LogP contribution in [0.5, 0.6) is 0 Å². The summed E-state index contributed by atoms with van der Waals surface area (Å²) >= 11 is 0. The monoisotopic (exact) mass is 1810 g/mol. The van der Waals surface area contributed by atoms with Crippen LogP contribution < -0.4 is 19.6 Å². The number of hydrogen-bond donors (Lipinski definition) is 0. The molecule has 8 heteroatoms. The topological polar surface area (TPSA) is 25.0 Å². The van der Waals surface area contributed by atoms with Gasteiger partial charge in [0, 0.05) is 166 Å². The second-order valence-electron chi connectivity index (χ2n) is 45.2. The lowest BCUT2D eigenvalue weighted by molar-refractivity contribution is -0.401. The molecular weight excluding hydrogens is 1660 g/mol. The van der Waals surface area contributed by atoms with Crippen molar-refractivity contribution in [1.29, 1.82) is 0 Å². The van der Waals surface area contributed by atoms with Crippen molar-refractivity contribution in [1.82, 2.24) is 0 Å². The minimum Gasteiger partial charge on any atom is -0.347 e. The molecule has 20 rings (SSSR count). The molecule has 0 N–H and O–H groups in total. The fourth-order valence-electron chi connectivity index (χ4n) is 27.6. The molecule has 4 aliphatic carbocycles. The van der Waals surface area contributed by atoms with Crippen molar-refractivity contribution in [3.05, 3.63) is 426 Å². The zero-order valence-corrected chi connectivity index (χ0v) is 86.3. The molecule has 137 heavy (non-hydrogen) atoms. The first-order valence-electron chi connectivity index (χ1n) is 50.9. The predicted octanol–water partition coefficient (Wildman–Crippen LogP) is 29.9. The fourth-order valence-corrected chi connectivity index (χ4v) is 27.6. The van der Waals surface area contributed by atoms with E-state index in [1.807, 2.05) is 0 Å². The highest BCUT2D eigenvalue weighted by Crippen LogP contribution is 2.68. The number of fused-ring (bicyclic) bond motifs is 8. The van der Waals surface area contributed by atoms with Crippen molar-refractivity contribution in [3.63, 3.8) is 0 Å². The van der Waals surface area contributed by atoms with Gasteiger partial charge in [0.15, 0.2) is 22.8 Å². The molecule has 0 unspecified atom stereocenters. The third-order valence-electron chi connectivity index (χ3n) is 34.7. The molecule has 0 atom stereocenters. The van der Waals surface area contributed by atoms with Crippen molar-refractivity contribution < 1.29 is 18.3 Å². The number of anilines is 4. The fraction of sp³-hybridized carbons (Fsp3) is 0.349. The van der Waals surface area contributed by atoms with Crippen LogP contribution in [0.2, 0.25) is 0 Å². The standard InChI is InChI=1S/C129H144N8/c1-121(2)93-53-25-33-61-101(93)130(17)109(121)77-69-85-45-41-46-86(70-78-110-122(3,4)94-54-26-34-62-102(94)131(110)18)117(85)129(118-87(71-79-111-123(5,6)95-55-27-35-63-103(95)132(111)19)47-42-48-88(118)72-80-112-124(7,8)96-56-28-36-64-104(96)133(112)20,119-89(73-81-113-125(9,10)97-57-29-37-65-105(97)134(113)21)49-43-50-90(119)74-82-114-126(11,12)98-58-30-38-66-106(98)135(114)22)120-91(75-83-115-127(13,14)99-59-31-39-67-107(99)136(115)23)51-44-52-92(120)76-84-116-128(15,16)100-60-32-40-68-108(100)137(116)24/h25-40,53-84H,41-52H2,1-24H3/q+4. The highest BCUT2D eigenvalue weighted by atomic mass is 15.2. The molecule has 0 saturated heterocycles. The largest absolute Gasteiger partial charge is 0.347 e. The predicted molar refractivity (Wildman–Crippen MR) is 580 cm³/mol. The number of nitrogens with zero attached hydrogens (tertiary/aromatic N) is 8. The molecule has 0 spiro atoms. The molecular formula is C129H144N8+4. The van der Waals surface area contributed by atoms with Gasteiger partial charge in [-0.3, -0.25) is 0 Å². The maximum Gasteiger partial charge on any atom is 0.209 e. The number of likely N-dealkylation sites (N-methyl/N-ethyl adjacent to an activating group) is 4. The summed E-state index contributed by atoms with van der Waals surface area (Å²) in [7, 11) is 18.6. The summed E-state index contributed by atoms with van der Waals surface area (Å²) in [5.74, 6) is 0. The molecule has 8 aromatic carbocycles. The first kappa shape index (κ1) is 92.2. The Morgan fingerprint density at radius 2 is 0.401 bits per heavy atom. The van der Waals surface area contributed by atoms with Crippen LogP contribution in [0, 0.1) is 5.41 Å². The summed E-state index contributed by atoms with van der Waals surface area (Å²) in [5, 5.41) is 0. The highest BCUT2D eigenvalue weighted by molar-refractivity contribution is 6.06. The van der Waals surface area contributed by atoms with Gasteiger partial charge in [-0.2, -0.15) is 18.3 Å². The molecule has 8 aromatic rings. The number of hydrogen-bond acceptors (Lipinski definition) is 4. The van der Waals surface area contributed by atoms with Crippen LogP contribution in [0.25, 0.3) is 0 Å². The van der Waals surface area contributed by atoms with E-state index in [2.05, 4.69) is 496 Å². The Morgan fingerprint density at radius 1 is 0.219 bits per heavy atom. The van der Waals surface area contributed by atoms with Crippen molar-refractivity contribution in [3.8, 4) is 0 Å². The first-order chi connectivity index (χ1) is 65.4. The van der Waals surface area contributed by atoms with Gasteiger partial charge in [0.05, 0.1) is 27.1 Å². The molecule has 696 valence electrons. The zero-order valence-electron chi connectivity index (χ0n) is 86.3. The Kier molecular flexibility index (Phi) is 22.9. The first-order valence-corrected chi connectivity index (χ1v) is 50.9. The van der Waals surface area contributed by atoms with Crippen LogP contribution in [0.4, 0.5) is 45.5 Å². The average molecular weight is 1810 g/mol. The van der Waals surface area contributed by atoms with Crippen LogP contribution >= 0.6 is 0 Å². The SMILES string of the molecule is CN1C(=CC=C2CCCC(C=CC3=[N+](C)c4ccccc4C3(C)C)=C2C(C2=C(C=CC3=[N+](C)c4ccccc4C3(C)C)CCCC2=CC=C2N(C)c3ccccc3C2(C)C)(C2=C(C=CC3=[N+](C)c4ccccc4C3(C)C)CCCC2=CC=C2N(C)c3ccccc3C2(C)C)C2=C(C=CC3=[N+](C)c4ccccc4C3(C)C)CCCC2=CC=C2N(C)c3ccccc3C2(C)C)C(C)(C)c2ccccc21. The van der Waals surface area contributed by atoms with Crippen molar-refractivity contribution >= 4 is 68.3 Å². The zero-order chi connectivity index (χ0) is 96.3. The van der Waals surface area contributed by atoms with Gasteiger partial charge in [-0.15, -0.1) is 0 Å². The molecule has 0 radical (unpaired) electrons. The molecule has 0 bridgehead atoms. The lowest BCUT2D eigenvalue weighted by Crippen LogP contribution is -2.40. The summed E-state index contributed by atoms with van der Waals surface area (Å²) in [5.41, 5.74) is 44.0. The van der Waals surface area contributed by atoms with E-state index in [0.717, 1.165) is 77.0 Å². The van der Waals surface area contributed by atoms with Crippen molar-refractivity contribution in [2.45, 2.75) is 231 Å². The van der Waals surface area contributed by atoms with E-state index in [0.29, 0.717) is 0 Å². The number of allylic oxidation sites excluding steroid dienone is 32. The Labute approximate surface area is 819 Å². The molecule has 8 heterocycles. The van der Waals surface area contributed by atoms with Crippen LogP contribution in [-0.2, 0) is 43.3 Å². The third kappa shape index (κ3) is 14.4. The van der Waals surface area contributed by atoms with Gasteiger partial charge in [0.1, 0.15) is 28.2 Å². The molecule has 8 aliphatic heterocycles. The number of rotatable bonds is 16. The maximum absolute atomic E-state index is 2.72. The van der Waals surface area contributed by atoms with Crippen molar-refractivity contribution in [2.75, 3.05) is 76.0 Å². The lowest BCUT2D eigenvalue weighted by Gasteiger charge is -2.52. The second kappa shape index (κ2) is 34.0. The molecule has 0 fully saturated rings. The lowest BCUT2D eigenvalue weighted by atomic mass is 9.50. The Bertz CT molecular complexity index is 6300. The van der Waals surface area contributed by atoms with E-state index in [1.165, 1.54) is 203 Å². The van der Waals surface area contributed by atoms with E-state index < -0.39 is 5.41 Å². The minimum atomic E-state index is -1.19. The average Bonchev–Trinajstić information content (AvgIpc) is 1.32. The second-order valence-corrected chi connectivity index (χ2v) is 45.2. The van der Waals surface area contributed by atoms with E-state index in [9.17, 15) is 0 Å². The summed E-state index contributed by atoms with van der Waals surface area (Å²) in [6.45, 7) is 39.5. The minimum absolute atomic E-state index is 0.336. The molecule has 12 aliphatic rings. The van der Waals surface area contributed by atoms with Gasteiger partial charge in [-0.1, -0.05) is 250 Å². The number of benzene rings is 8. The smallest absolute Gasteiger partial charge is 0.209 e. The third-order valence-corrected chi connectivity index (χ3v) is 34.7.